The van der Waals surface area contributed by atoms with Gasteiger partial charge in [-0.3, -0.25) is 9.59 Å². The number of rotatable bonds is 6. The molecule has 0 saturated carbocycles. The van der Waals surface area contributed by atoms with E-state index >= 15 is 0 Å². The van der Waals surface area contributed by atoms with E-state index < -0.39 is 11.5 Å². The molecular weight excluding hydrogens is 454 g/mol. The molecule has 0 spiro atoms. The molecule has 1 heterocycles. The van der Waals surface area contributed by atoms with Gasteiger partial charge in [0.1, 0.15) is 0 Å². The fourth-order valence-corrected chi connectivity index (χ4v) is 4.43. The number of benzene rings is 3. The number of amides is 1. The number of carbonyl (C=O) groups excluding carboxylic acids is 2. The molecule has 0 fully saturated rings. The Morgan fingerprint density at radius 2 is 1.65 bits per heavy atom. The number of anilines is 1. The van der Waals surface area contributed by atoms with Crippen LogP contribution in [0.4, 0.5) is 5.69 Å². The van der Waals surface area contributed by atoms with Gasteiger partial charge in [-0.25, -0.2) is 0 Å². The zero-order chi connectivity index (χ0) is 22.2. The first kappa shape index (κ1) is 21.5. The number of hydrogen-bond acceptors (Lipinski definition) is 3. The Morgan fingerprint density at radius 1 is 1.00 bits per heavy atom. The van der Waals surface area contributed by atoms with Gasteiger partial charge in [0.15, 0.2) is 11.4 Å². The van der Waals surface area contributed by atoms with E-state index in [2.05, 4.69) is 29.8 Å². The van der Waals surface area contributed by atoms with Crippen LogP contribution < -0.4 is 4.90 Å². The number of nitrogens with zero attached hydrogens (tertiary/aromatic N) is 1. The maximum absolute atomic E-state index is 13.4. The Morgan fingerprint density at radius 3 is 2.32 bits per heavy atom. The smallest absolute Gasteiger partial charge is 0.264 e. The predicted molar refractivity (Wildman–Crippen MR) is 125 cm³/mol. The van der Waals surface area contributed by atoms with Crippen LogP contribution in [0, 0.1) is 0 Å². The Kier molecular flexibility index (Phi) is 5.82. The van der Waals surface area contributed by atoms with Crippen molar-refractivity contribution in [2.45, 2.75) is 38.3 Å². The molecule has 31 heavy (non-hydrogen) atoms. The first-order valence-corrected chi connectivity index (χ1v) is 11.1. The molecule has 158 valence electrons. The maximum Gasteiger partial charge on any atom is 0.264 e. The number of ketones is 1. The van der Waals surface area contributed by atoms with Gasteiger partial charge < -0.3 is 10.0 Å². The van der Waals surface area contributed by atoms with E-state index in [1.165, 1.54) is 0 Å². The normalized spacial score (nSPS) is 17.8. The quantitative estimate of drug-likeness (QED) is 0.471. The summed E-state index contributed by atoms with van der Waals surface area (Å²) in [5.74, 6) is -0.372. The Balaban J connectivity index is 1.65. The fourth-order valence-electron chi connectivity index (χ4n) is 4.02. The second-order valence-corrected chi connectivity index (χ2v) is 9.09. The van der Waals surface area contributed by atoms with Crippen LogP contribution in [0.25, 0.3) is 0 Å². The van der Waals surface area contributed by atoms with Gasteiger partial charge in [-0.2, -0.15) is 0 Å². The second kappa shape index (κ2) is 8.40. The first-order valence-electron chi connectivity index (χ1n) is 10.3. The summed E-state index contributed by atoms with van der Waals surface area (Å²) in [7, 11) is 0. The minimum atomic E-state index is -1.88. The van der Waals surface area contributed by atoms with Crippen molar-refractivity contribution in [3.8, 4) is 0 Å². The Bertz CT molecular complexity index is 1140. The highest BCUT2D eigenvalue weighted by atomic mass is 79.9. The van der Waals surface area contributed by atoms with Crippen LogP contribution in [-0.4, -0.2) is 16.8 Å². The Labute approximate surface area is 190 Å². The predicted octanol–water partition coefficient (Wildman–Crippen LogP) is 5.58. The van der Waals surface area contributed by atoms with Crippen molar-refractivity contribution in [2.24, 2.45) is 0 Å². The second-order valence-electron chi connectivity index (χ2n) is 8.24. The SMILES string of the molecule is CC(C)c1ccc(C(=O)CC2(O)C(=O)N(Cc3ccccc3Br)c3ccccc32)cc1. The average Bonchev–Trinajstić information content (AvgIpc) is 2.97. The average molecular weight is 478 g/mol. The molecule has 0 saturated heterocycles. The molecule has 5 heteroatoms. The van der Waals surface area contributed by atoms with E-state index in [1.807, 2.05) is 48.5 Å². The van der Waals surface area contributed by atoms with Crippen LogP contribution in [0.15, 0.2) is 77.3 Å². The van der Waals surface area contributed by atoms with E-state index in [0.29, 0.717) is 29.3 Å². The standard InChI is InChI=1S/C26H24BrNO3/c1-17(2)18-11-13-19(14-12-18)24(29)15-26(31)21-8-4-6-10-23(21)28(25(26)30)16-20-7-3-5-9-22(20)27/h3-14,17,31H,15-16H2,1-2H3. The molecule has 1 aliphatic heterocycles. The Hall–Kier alpha value is -2.76. The highest BCUT2D eigenvalue weighted by Crippen LogP contribution is 2.43. The fraction of sp³-hybridized carbons (Fsp3) is 0.231. The van der Waals surface area contributed by atoms with Crippen molar-refractivity contribution < 1.29 is 14.7 Å². The molecule has 3 aromatic carbocycles. The van der Waals surface area contributed by atoms with Gasteiger partial charge in [0, 0.05) is 15.6 Å². The molecule has 3 aromatic rings. The lowest BCUT2D eigenvalue weighted by molar-refractivity contribution is -0.136. The van der Waals surface area contributed by atoms with Gasteiger partial charge in [-0.1, -0.05) is 90.4 Å². The number of aliphatic hydroxyl groups is 1. The molecular formula is C26H24BrNO3. The summed E-state index contributed by atoms with van der Waals surface area (Å²) >= 11 is 3.52. The van der Waals surface area contributed by atoms with Gasteiger partial charge in [0.2, 0.25) is 0 Å². The molecule has 1 aliphatic rings. The van der Waals surface area contributed by atoms with Crippen LogP contribution >= 0.6 is 15.9 Å². The largest absolute Gasteiger partial charge is 0.375 e. The number of hydrogen-bond donors (Lipinski definition) is 1. The minimum absolute atomic E-state index is 0.260. The van der Waals surface area contributed by atoms with Crippen LogP contribution in [0.1, 0.15) is 53.2 Å². The lowest BCUT2D eigenvalue weighted by atomic mass is 9.87. The topological polar surface area (TPSA) is 57.6 Å². The highest BCUT2D eigenvalue weighted by molar-refractivity contribution is 9.10. The summed E-state index contributed by atoms with van der Waals surface area (Å²) in [6, 6.07) is 22.2. The number of para-hydroxylation sites is 1. The van der Waals surface area contributed by atoms with Gasteiger partial charge in [0.25, 0.3) is 5.91 Å². The van der Waals surface area contributed by atoms with Gasteiger partial charge in [-0.15, -0.1) is 0 Å². The summed E-state index contributed by atoms with van der Waals surface area (Å²) in [5.41, 5.74) is 1.77. The van der Waals surface area contributed by atoms with E-state index in [9.17, 15) is 14.7 Å². The summed E-state index contributed by atoms with van der Waals surface area (Å²) in [5, 5.41) is 11.5. The molecule has 4 nitrogen and oxygen atoms in total. The number of carbonyl (C=O) groups is 2. The van der Waals surface area contributed by atoms with Crippen molar-refractivity contribution >= 4 is 33.3 Å². The zero-order valence-corrected chi connectivity index (χ0v) is 19.1. The van der Waals surface area contributed by atoms with Crippen molar-refractivity contribution in [2.75, 3.05) is 4.90 Å². The van der Waals surface area contributed by atoms with Crippen molar-refractivity contribution in [1.29, 1.82) is 0 Å². The molecule has 0 aliphatic carbocycles. The van der Waals surface area contributed by atoms with Gasteiger partial charge >= 0.3 is 0 Å². The third-order valence-corrected chi connectivity index (χ3v) is 6.62. The number of halogens is 1. The summed E-state index contributed by atoms with van der Waals surface area (Å²) < 4.78 is 0.886. The van der Waals surface area contributed by atoms with Gasteiger partial charge in [0.05, 0.1) is 18.7 Å². The molecule has 1 atom stereocenters. The highest BCUT2D eigenvalue weighted by Gasteiger charge is 2.50. The number of Topliss-reactive ketones (excluding diaryl/α,β-unsaturated/α-hetero) is 1. The summed E-state index contributed by atoms with van der Waals surface area (Å²) in [6.45, 7) is 4.48. The monoisotopic (exact) mass is 477 g/mol. The van der Waals surface area contributed by atoms with Crippen LogP contribution in [0.2, 0.25) is 0 Å². The lowest BCUT2D eigenvalue weighted by Crippen LogP contribution is -2.41. The van der Waals surface area contributed by atoms with Crippen LogP contribution in [0.3, 0.4) is 0 Å². The lowest BCUT2D eigenvalue weighted by Gasteiger charge is -2.23. The summed E-state index contributed by atoms with van der Waals surface area (Å²) in [4.78, 5) is 28.0. The molecule has 1 unspecified atom stereocenters. The minimum Gasteiger partial charge on any atom is -0.375 e. The summed E-state index contributed by atoms with van der Waals surface area (Å²) in [6.07, 6.45) is -0.295. The molecule has 4 rings (SSSR count). The molecule has 0 aromatic heterocycles. The van der Waals surface area contributed by atoms with E-state index in [-0.39, 0.29) is 12.2 Å². The van der Waals surface area contributed by atoms with Crippen LogP contribution in [-0.2, 0) is 16.9 Å². The van der Waals surface area contributed by atoms with Crippen molar-refractivity contribution in [1.82, 2.24) is 0 Å². The van der Waals surface area contributed by atoms with E-state index in [4.69, 9.17) is 0 Å². The molecule has 1 amide bonds. The first-order chi connectivity index (χ1) is 14.8. The molecule has 0 bridgehead atoms. The van der Waals surface area contributed by atoms with Gasteiger partial charge in [-0.05, 0) is 29.2 Å². The van der Waals surface area contributed by atoms with Crippen LogP contribution in [0.5, 0.6) is 0 Å². The number of fused-ring (bicyclic) bond motifs is 1. The van der Waals surface area contributed by atoms with Crippen molar-refractivity contribution in [3.63, 3.8) is 0 Å². The molecule has 1 N–H and O–H groups in total. The zero-order valence-electron chi connectivity index (χ0n) is 17.5. The maximum atomic E-state index is 13.4. The van der Waals surface area contributed by atoms with E-state index in [1.54, 1.807) is 29.2 Å². The third-order valence-electron chi connectivity index (χ3n) is 5.84. The third kappa shape index (κ3) is 3.95. The van der Waals surface area contributed by atoms with E-state index in [0.717, 1.165) is 15.6 Å². The molecule has 0 radical (unpaired) electrons. The van der Waals surface area contributed by atoms with Crippen molar-refractivity contribution in [3.05, 3.63) is 99.5 Å².